The predicted octanol–water partition coefficient (Wildman–Crippen LogP) is 2.44. The van der Waals surface area contributed by atoms with E-state index in [1.165, 1.54) is 16.3 Å². The second-order valence-corrected chi connectivity index (χ2v) is 5.95. The summed E-state index contributed by atoms with van der Waals surface area (Å²) < 4.78 is 0. The molecule has 2 aromatic rings. The van der Waals surface area contributed by atoms with Crippen molar-refractivity contribution >= 4 is 22.6 Å². The average Bonchev–Trinajstić information content (AvgIpc) is 2.97. The number of fused-ring (bicyclic) bond motifs is 1. The summed E-state index contributed by atoms with van der Waals surface area (Å²) in [6, 6.07) is 14.6. The number of benzene rings is 2. The number of nitrogens with zero attached hydrogens (tertiary/aromatic N) is 1. The van der Waals surface area contributed by atoms with Crippen molar-refractivity contribution < 1.29 is 14.8 Å². The molecule has 1 aliphatic rings. The summed E-state index contributed by atoms with van der Waals surface area (Å²) in [5, 5.41) is 10.9. The van der Waals surface area contributed by atoms with Gasteiger partial charge in [0.05, 0.1) is 0 Å². The first-order chi connectivity index (χ1) is 11.7. The zero-order valence-electron chi connectivity index (χ0n) is 13.4. The standard InChI is InChI=1S/C19H20N2O3/c22-18(20-24)10-12-21-11-9-16(19(21)23)8-6-14-5-7-15-3-1-2-4-17(15)13-14/h1-5,7,9,13,24H,6,8,10-12H2,(H,20,22). The lowest BCUT2D eigenvalue weighted by Gasteiger charge is -2.15. The van der Waals surface area contributed by atoms with E-state index in [0.717, 1.165) is 12.0 Å². The third kappa shape index (κ3) is 3.63. The van der Waals surface area contributed by atoms with E-state index in [1.54, 1.807) is 10.4 Å². The molecule has 0 saturated heterocycles. The lowest BCUT2D eigenvalue weighted by molar-refractivity contribution is -0.130. The van der Waals surface area contributed by atoms with E-state index in [4.69, 9.17) is 5.21 Å². The van der Waals surface area contributed by atoms with Gasteiger partial charge in [-0.2, -0.15) is 0 Å². The third-order valence-corrected chi connectivity index (χ3v) is 4.35. The number of amides is 2. The van der Waals surface area contributed by atoms with Gasteiger partial charge < -0.3 is 4.90 Å². The molecule has 0 unspecified atom stereocenters. The van der Waals surface area contributed by atoms with Crippen LogP contribution in [0, 0.1) is 0 Å². The normalized spacial score (nSPS) is 14.1. The van der Waals surface area contributed by atoms with Gasteiger partial charge in [-0.3, -0.25) is 14.8 Å². The lowest BCUT2D eigenvalue weighted by Crippen LogP contribution is -2.31. The second-order valence-electron chi connectivity index (χ2n) is 5.95. The minimum atomic E-state index is -0.479. The number of carbonyl (C=O) groups is 2. The van der Waals surface area contributed by atoms with Crippen molar-refractivity contribution in [3.8, 4) is 0 Å². The maximum Gasteiger partial charge on any atom is 0.249 e. The van der Waals surface area contributed by atoms with E-state index in [1.807, 2.05) is 18.2 Å². The van der Waals surface area contributed by atoms with E-state index in [2.05, 4.69) is 30.3 Å². The fourth-order valence-electron chi connectivity index (χ4n) is 2.96. The highest BCUT2D eigenvalue weighted by atomic mass is 16.5. The van der Waals surface area contributed by atoms with Gasteiger partial charge in [0.15, 0.2) is 0 Å². The van der Waals surface area contributed by atoms with E-state index in [0.29, 0.717) is 19.5 Å². The van der Waals surface area contributed by atoms with Gasteiger partial charge in [0.25, 0.3) is 0 Å². The zero-order valence-corrected chi connectivity index (χ0v) is 13.4. The van der Waals surface area contributed by atoms with E-state index in [-0.39, 0.29) is 12.3 Å². The molecule has 0 aliphatic carbocycles. The Bertz CT molecular complexity index is 798. The molecule has 124 valence electrons. The number of rotatable bonds is 6. The molecule has 0 saturated carbocycles. The largest absolute Gasteiger partial charge is 0.335 e. The number of aryl methyl sites for hydroxylation is 1. The first kappa shape index (κ1) is 16.2. The van der Waals surface area contributed by atoms with Crippen molar-refractivity contribution in [1.82, 2.24) is 10.4 Å². The van der Waals surface area contributed by atoms with Crippen molar-refractivity contribution in [3.63, 3.8) is 0 Å². The van der Waals surface area contributed by atoms with Gasteiger partial charge in [-0.1, -0.05) is 48.5 Å². The van der Waals surface area contributed by atoms with Crippen molar-refractivity contribution in [1.29, 1.82) is 0 Å². The lowest BCUT2D eigenvalue weighted by atomic mass is 10.0. The predicted molar refractivity (Wildman–Crippen MR) is 91.5 cm³/mol. The summed E-state index contributed by atoms with van der Waals surface area (Å²) in [6.07, 6.45) is 3.54. The second kappa shape index (κ2) is 7.27. The summed E-state index contributed by atoms with van der Waals surface area (Å²) >= 11 is 0. The smallest absolute Gasteiger partial charge is 0.249 e. The first-order valence-electron chi connectivity index (χ1n) is 8.06. The molecule has 0 spiro atoms. The first-order valence-corrected chi connectivity index (χ1v) is 8.06. The molecule has 2 amide bonds. The number of hydrogen-bond donors (Lipinski definition) is 2. The van der Waals surface area contributed by atoms with Gasteiger partial charge in [0, 0.05) is 25.1 Å². The number of hydrogen-bond acceptors (Lipinski definition) is 3. The quantitative estimate of drug-likeness (QED) is 0.633. The molecule has 0 atom stereocenters. The summed E-state index contributed by atoms with van der Waals surface area (Å²) in [4.78, 5) is 25.0. The fourth-order valence-corrected chi connectivity index (χ4v) is 2.96. The van der Waals surface area contributed by atoms with Crippen LogP contribution in [-0.4, -0.2) is 35.0 Å². The molecule has 5 heteroatoms. The van der Waals surface area contributed by atoms with Gasteiger partial charge in [0.1, 0.15) is 0 Å². The average molecular weight is 324 g/mol. The van der Waals surface area contributed by atoms with Crippen LogP contribution in [0.25, 0.3) is 10.8 Å². The molecule has 2 aromatic carbocycles. The molecule has 1 heterocycles. The van der Waals surface area contributed by atoms with Gasteiger partial charge >= 0.3 is 0 Å². The Morgan fingerprint density at radius 2 is 1.92 bits per heavy atom. The summed E-state index contributed by atoms with van der Waals surface area (Å²) in [6.45, 7) is 0.853. The molecule has 0 fully saturated rings. The van der Waals surface area contributed by atoms with Crippen LogP contribution in [0.1, 0.15) is 18.4 Å². The van der Waals surface area contributed by atoms with E-state index < -0.39 is 5.91 Å². The SMILES string of the molecule is O=C(CCN1CC=C(CCc2ccc3ccccc3c2)C1=O)NO. The molecule has 2 N–H and O–H groups in total. The highest BCUT2D eigenvalue weighted by Crippen LogP contribution is 2.20. The van der Waals surface area contributed by atoms with Crippen LogP contribution < -0.4 is 5.48 Å². The molecule has 0 aromatic heterocycles. The van der Waals surface area contributed by atoms with Crippen LogP contribution in [0.5, 0.6) is 0 Å². The van der Waals surface area contributed by atoms with Gasteiger partial charge in [0.2, 0.25) is 11.8 Å². The number of nitrogens with one attached hydrogen (secondary N) is 1. The van der Waals surface area contributed by atoms with Crippen LogP contribution in [0.3, 0.4) is 0 Å². The van der Waals surface area contributed by atoms with Gasteiger partial charge in [-0.25, -0.2) is 5.48 Å². The molecule has 5 nitrogen and oxygen atoms in total. The van der Waals surface area contributed by atoms with Crippen LogP contribution in [0.4, 0.5) is 0 Å². The topological polar surface area (TPSA) is 69.6 Å². The Morgan fingerprint density at radius 1 is 1.12 bits per heavy atom. The molecule has 24 heavy (non-hydrogen) atoms. The maximum absolute atomic E-state index is 12.3. The summed E-state index contributed by atoms with van der Waals surface area (Å²) in [7, 11) is 0. The Balaban J connectivity index is 1.56. The van der Waals surface area contributed by atoms with Crippen molar-refractivity contribution in [2.45, 2.75) is 19.3 Å². The van der Waals surface area contributed by atoms with Crippen LogP contribution in [-0.2, 0) is 16.0 Å². The Morgan fingerprint density at radius 3 is 2.71 bits per heavy atom. The van der Waals surface area contributed by atoms with Crippen molar-refractivity contribution in [2.24, 2.45) is 0 Å². The van der Waals surface area contributed by atoms with E-state index >= 15 is 0 Å². The Labute approximate surface area is 140 Å². The zero-order chi connectivity index (χ0) is 16.9. The summed E-state index contributed by atoms with van der Waals surface area (Å²) in [5.74, 6) is -0.492. The third-order valence-electron chi connectivity index (χ3n) is 4.35. The fraction of sp³-hybridized carbons (Fsp3) is 0.263. The van der Waals surface area contributed by atoms with E-state index in [9.17, 15) is 9.59 Å². The number of carbonyl (C=O) groups excluding carboxylic acids is 2. The van der Waals surface area contributed by atoms with Crippen LogP contribution in [0.2, 0.25) is 0 Å². The van der Waals surface area contributed by atoms with Gasteiger partial charge in [-0.15, -0.1) is 0 Å². The van der Waals surface area contributed by atoms with Crippen molar-refractivity contribution in [3.05, 3.63) is 59.7 Å². The number of hydroxylamine groups is 1. The Kier molecular flexibility index (Phi) is 4.91. The molecule has 3 rings (SSSR count). The van der Waals surface area contributed by atoms with Crippen LogP contribution >= 0.6 is 0 Å². The van der Waals surface area contributed by atoms with Crippen molar-refractivity contribution in [2.75, 3.05) is 13.1 Å². The Hall–Kier alpha value is -2.66. The molecule has 1 aliphatic heterocycles. The maximum atomic E-state index is 12.3. The van der Waals surface area contributed by atoms with Crippen LogP contribution in [0.15, 0.2) is 54.1 Å². The minimum absolute atomic E-state index is 0.0125. The minimum Gasteiger partial charge on any atom is -0.335 e. The van der Waals surface area contributed by atoms with Gasteiger partial charge in [-0.05, 0) is 29.2 Å². The summed E-state index contributed by atoms with van der Waals surface area (Å²) in [5.41, 5.74) is 3.59. The monoisotopic (exact) mass is 324 g/mol. The molecule has 0 radical (unpaired) electrons. The highest BCUT2D eigenvalue weighted by Gasteiger charge is 2.23. The molecular formula is C19H20N2O3. The molecular weight excluding hydrogens is 304 g/mol. The molecule has 0 bridgehead atoms. The highest BCUT2D eigenvalue weighted by molar-refractivity contribution is 5.96.